The molecule has 0 amide bonds. The zero-order valence-corrected chi connectivity index (χ0v) is 46.8. The third-order valence-electron chi connectivity index (χ3n) is 16.1. The molecule has 0 N–H and O–H groups in total. The number of hydrogen-bond acceptors (Lipinski definition) is 2. The number of benzene rings is 12. The molecule has 0 bridgehead atoms. The van der Waals surface area contributed by atoms with Crippen molar-refractivity contribution in [2.45, 2.75) is 26.2 Å². The molecule has 0 fully saturated rings. The normalized spacial score (nSPS) is 12.4. The highest BCUT2D eigenvalue weighted by Crippen LogP contribution is 2.43. The van der Waals surface area contributed by atoms with Gasteiger partial charge in [0, 0.05) is 35.0 Å². The second-order valence-corrected chi connectivity index (χ2v) is 21.4. The predicted octanol–water partition coefficient (Wildman–Crippen LogP) is 22.7. The molecular weight excluding hydrogens is 1000 g/mol. The summed E-state index contributed by atoms with van der Waals surface area (Å²) in [6.45, 7) is 2.88. The SMILES string of the molecule is C/C=C\C(=C/CCN(c1ccc(-c2ccc(N(c3ccc(-c4cccc5ccccc45)cc3)c3cc(C4=CC=CCC4)cc(-c4ccccc4)c3)cc2)cc1)c1cc(-c2ccccc2)cc(-c2ccccc2)c1)c1cccc2ccccc12. The lowest BCUT2D eigenvalue weighted by Crippen LogP contribution is -2.18. The van der Waals surface area contributed by atoms with E-state index in [9.17, 15) is 0 Å². The van der Waals surface area contributed by atoms with E-state index >= 15 is 0 Å². The molecule has 0 aliphatic heterocycles. The van der Waals surface area contributed by atoms with Crippen molar-refractivity contribution in [1.82, 2.24) is 0 Å². The van der Waals surface area contributed by atoms with Crippen LogP contribution in [0.15, 0.2) is 322 Å². The van der Waals surface area contributed by atoms with E-state index in [1.54, 1.807) is 0 Å². The Morgan fingerprint density at radius 3 is 1.43 bits per heavy atom. The molecule has 83 heavy (non-hydrogen) atoms. The van der Waals surface area contributed by atoms with E-state index in [1.165, 1.54) is 88.3 Å². The summed E-state index contributed by atoms with van der Waals surface area (Å²) in [5, 5.41) is 5.00. The highest BCUT2D eigenvalue weighted by Gasteiger charge is 2.19. The Hall–Kier alpha value is -10.3. The van der Waals surface area contributed by atoms with Crippen molar-refractivity contribution in [3.63, 3.8) is 0 Å². The first-order chi connectivity index (χ1) is 41.1. The minimum atomic E-state index is 0.770. The molecule has 2 nitrogen and oxygen atoms in total. The van der Waals surface area contributed by atoms with Gasteiger partial charge in [-0.25, -0.2) is 0 Å². The Bertz CT molecular complexity index is 4270. The van der Waals surface area contributed by atoms with Crippen LogP contribution in [0.3, 0.4) is 0 Å². The molecule has 12 aromatic rings. The number of anilines is 5. The van der Waals surface area contributed by atoms with Crippen LogP contribution in [0, 0.1) is 0 Å². The third kappa shape index (κ3) is 11.4. The first kappa shape index (κ1) is 52.1. The van der Waals surface area contributed by atoms with Crippen LogP contribution in [0.2, 0.25) is 0 Å². The van der Waals surface area contributed by atoms with Crippen molar-refractivity contribution in [2.75, 3.05) is 16.3 Å². The van der Waals surface area contributed by atoms with Crippen molar-refractivity contribution < 1.29 is 0 Å². The largest absolute Gasteiger partial charge is 0.341 e. The smallest absolute Gasteiger partial charge is 0.0473 e. The van der Waals surface area contributed by atoms with Crippen LogP contribution in [0.4, 0.5) is 28.4 Å². The first-order valence-electron chi connectivity index (χ1n) is 29.1. The van der Waals surface area contributed by atoms with Crippen molar-refractivity contribution in [2.24, 2.45) is 0 Å². The lowest BCUT2D eigenvalue weighted by molar-refractivity contribution is 0.942. The van der Waals surface area contributed by atoms with Gasteiger partial charge in [-0.1, -0.05) is 249 Å². The van der Waals surface area contributed by atoms with Crippen LogP contribution in [-0.2, 0) is 0 Å². The summed E-state index contributed by atoms with van der Waals surface area (Å²) >= 11 is 0. The third-order valence-corrected chi connectivity index (χ3v) is 16.1. The van der Waals surface area contributed by atoms with Crippen molar-refractivity contribution in [1.29, 1.82) is 0 Å². The Morgan fingerprint density at radius 2 is 0.855 bits per heavy atom. The number of hydrogen-bond donors (Lipinski definition) is 0. The maximum atomic E-state index is 2.50. The van der Waals surface area contributed by atoms with Gasteiger partial charge in [0.2, 0.25) is 0 Å². The molecule has 398 valence electrons. The van der Waals surface area contributed by atoms with E-state index < -0.39 is 0 Å². The molecule has 2 heteroatoms. The van der Waals surface area contributed by atoms with E-state index in [2.05, 4.69) is 338 Å². The summed E-state index contributed by atoms with van der Waals surface area (Å²) in [6, 6.07) is 105. The molecule has 0 atom stereocenters. The molecule has 0 unspecified atom stereocenters. The minimum absolute atomic E-state index is 0.770. The Balaban J connectivity index is 0.878. The topological polar surface area (TPSA) is 6.48 Å². The highest BCUT2D eigenvalue weighted by molar-refractivity contribution is 5.98. The maximum Gasteiger partial charge on any atom is 0.0473 e. The van der Waals surface area contributed by atoms with Gasteiger partial charge in [-0.3, -0.25) is 0 Å². The first-order valence-corrected chi connectivity index (χ1v) is 29.1. The molecular formula is C81H64N2. The molecule has 1 aliphatic carbocycles. The zero-order valence-electron chi connectivity index (χ0n) is 46.8. The van der Waals surface area contributed by atoms with E-state index in [0.29, 0.717) is 0 Å². The number of nitrogens with zero attached hydrogens (tertiary/aromatic N) is 2. The fourth-order valence-electron chi connectivity index (χ4n) is 12.0. The quantitative estimate of drug-likeness (QED) is 0.0890. The van der Waals surface area contributed by atoms with Gasteiger partial charge in [0.1, 0.15) is 0 Å². The van der Waals surface area contributed by atoms with Crippen LogP contribution in [0.5, 0.6) is 0 Å². The van der Waals surface area contributed by atoms with Gasteiger partial charge in [0.05, 0.1) is 0 Å². The van der Waals surface area contributed by atoms with Crippen molar-refractivity contribution in [3.8, 4) is 55.6 Å². The van der Waals surface area contributed by atoms with E-state index in [-0.39, 0.29) is 0 Å². The fraction of sp³-hybridized carbons (Fsp3) is 0.0617. The molecule has 0 radical (unpaired) electrons. The standard InChI is InChI=1S/C81H64N2/c1-2-22-65(80-38-19-33-66-31-15-17-36-78(66)80)35-21-52-82(76-55-69(59-23-7-3-8-24-59)53-70(56-76)60-25-9-4-10-26-60)73-46-40-63(41-47-73)64-42-48-74(49-43-64)83(75-50-44-68(45-51-75)81-39-20-34-67-32-16-18-37-79(67)81)77-57-71(61-27-11-5-12-28-61)54-72(58-77)62-29-13-6-14-30-62/h2-13,15-20,22-29,31-51,53-58H,14,21,30,52H2,1H3/b22-2-,65-35+. The summed E-state index contributed by atoms with van der Waals surface area (Å²) in [4.78, 5) is 4.93. The van der Waals surface area contributed by atoms with Crippen LogP contribution in [0.25, 0.3) is 88.3 Å². The van der Waals surface area contributed by atoms with Crippen molar-refractivity contribution >= 4 is 61.1 Å². The summed E-state index contributed by atoms with van der Waals surface area (Å²) in [5.74, 6) is 0. The predicted molar refractivity (Wildman–Crippen MR) is 357 cm³/mol. The number of fused-ring (bicyclic) bond motifs is 2. The summed E-state index contributed by atoms with van der Waals surface area (Å²) in [6.07, 6.45) is 16.5. The van der Waals surface area contributed by atoms with Gasteiger partial charge in [-0.15, -0.1) is 0 Å². The Morgan fingerprint density at radius 1 is 0.386 bits per heavy atom. The molecule has 0 aromatic heterocycles. The van der Waals surface area contributed by atoms with Gasteiger partial charge in [0.25, 0.3) is 0 Å². The van der Waals surface area contributed by atoms with Crippen molar-refractivity contribution in [3.05, 3.63) is 333 Å². The van der Waals surface area contributed by atoms with Gasteiger partial charge >= 0.3 is 0 Å². The average molecular weight is 1070 g/mol. The second-order valence-electron chi connectivity index (χ2n) is 21.4. The zero-order chi connectivity index (χ0) is 55.7. The van der Waals surface area contributed by atoms with Crippen LogP contribution in [-0.4, -0.2) is 6.54 Å². The molecule has 12 aromatic carbocycles. The van der Waals surface area contributed by atoms with E-state index in [1.807, 2.05) is 0 Å². The maximum absolute atomic E-state index is 2.50. The molecule has 0 spiro atoms. The lowest BCUT2D eigenvalue weighted by Gasteiger charge is -2.28. The summed E-state index contributed by atoms with van der Waals surface area (Å²) in [7, 11) is 0. The monoisotopic (exact) mass is 1060 g/mol. The Labute approximate surface area is 489 Å². The average Bonchev–Trinajstić information content (AvgIpc) is 3.72. The Kier molecular flexibility index (Phi) is 15.2. The molecule has 1 aliphatic rings. The van der Waals surface area contributed by atoms with Gasteiger partial charge in [0.15, 0.2) is 0 Å². The van der Waals surface area contributed by atoms with Gasteiger partial charge in [-0.05, 0) is 198 Å². The van der Waals surface area contributed by atoms with E-state index in [4.69, 9.17) is 0 Å². The summed E-state index contributed by atoms with van der Waals surface area (Å²) < 4.78 is 0. The number of allylic oxidation sites excluding steroid dienone is 7. The molecule has 0 saturated carbocycles. The molecule has 13 rings (SSSR count). The van der Waals surface area contributed by atoms with Crippen LogP contribution in [0.1, 0.15) is 37.3 Å². The summed E-state index contributed by atoms with van der Waals surface area (Å²) in [5.41, 5.74) is 22.5. The molecule has 0 saturated heterocycles. The van der Waals surface area contributed by atoms with E-state index in [0.717, 1.165) is 65.4 Å². The molecule has 0 heterocycles. The highest BCUT2D eigenvalue weighted by atomic mass is 15.1. The minimum Gasteiger partial charge on any atom is -0.341 e. The van der Waals surface area contributed by atoms with Gasteiger partial charge in [-0.2, -0.15) is 0 Å². The second kappa shape index (κ2) is 24.2. The van der Waals surface area contributed by atoms with Crippen LogP contribution < -0.4 is 9.80 Å². The van der Waals surface area contributed by atoms with Gasteiger partial charge < -0.3 is 9.80 Å². The van der Waals surface area contributed by atoms with Crippen LogP contribution >= 0.6 is 0 Å². The number of rotatable bonds is 16. The fourth-order valence-corrected chi connectivity index (χ4v) is 12.0. The lowest BCUT2D eigenvalue weighted by atomic mass is 9.93.